The third kappa shape index (κ3) is 6.69. The maximum atomic E-state index is 12.7. The fourth-order valence-electron chi connectivity index (χ4n) is 3.35. The van der Waals surface area contributed by atoms with Crippen molar-refractivity contribution in [2.45, 2.75) is 19.8 Å². The largest absolute Gasteiger partial charge is 0.484 e. The summed E-state index contributed by atoms with van der Waals surface area (Å²) in [5, 5.41) is 3.19. The van der Waals surface area contributed by atoms with E-state index in [1.54, 1.807) is 42.3 Å². The zero-order valence-corrected chi connectivity index (χ0v) is 19.4. The second kappa shape index (κ2) is 11.7. The molecule has 1 aliphatic heterocycles. The number of nitrogens with zero attached hydrogens (tertiary/aromatic N) is 1. The van der Waals surface area contributed by atoms with E-state index in [-0.39, 0.29) is 37.2 Å². The molecule has 176 valence electrons. The van der Waals surface area contributed by atoms with Gasteiger partial charge in [-0.2, -0.15) is 0 Å². The van der Waals surface area contributed by atoms with Gasteiger partial charge in [0.15, 0.2) is 19.0 Å². The van der Waals surface area contributed by atoms with E-state index >= 15 is 0 Å². The van der Waals surface area contributed by atoms with E-state index in [0.29, 0.717) is 53.9 Å². The molecule has 0 saturated heterocycles. The summed E-state index contributed by atoms with van der Waals surface area (Å²) in [6, 6.07) is 10.3. The van der Waals surface area contributed by atoms with E-state index in [4.69, 9.17) is 25.8 Å². The lowest BCUT2D eigenvalue weighted by atomic mass is 10.1. The van der Waals surface area contributed by atoms with Crippen molar-refractivity contribution < 1.29 is 28.6 Å². The van der Waals surface area contributed by atoms with Crippen LogP contribution in [-0.2, 0) is 14.3 Å². The molecule has 1 N–H and O–H groups in total. The molecule has 2 aromatic rings. The standard InChI is InChI=1S/C24H27ClN2O6/c1-16-5-7-21(18(25)12-16)32-14-20(28)17-6-8-22-19(13-17)27(24(30)15-33-22)10-3-4-23(29)26-9-11-31-2/h5-8,12-13H,3-4,9-11,14-15H2,1-2H3,(H,26,29). The summed E-state index contributed by atoms with van der Waals surface area (Å²) in [7, 11) is 1.57. The lowest BCUT2D eigenvalue weighted by molar-refractivity contribution is -0.123. The minimum absolute atomic E-state index is 0.0879. The summed E-state index contributed by atoms with van der Waals surface area (Å²) in [5.41, 5.74) is 1.88. The zero-order chi connectivity index (χ0) is 23.8. The van der Waals surface area contributed by atoms with Gasteiger partial charge in [-0.15, -0.1) is 0 Å². The number of halogens is 1. The number of hydrogen-bond donors (Lipinski definition) is 1. The SMILES string of the molecule is COCCNC(=O)CCCN1C(=O)COc2ccc(C(=O)COc3ccc(C)cc3Cl)cc21. The lowest BCUT2D eigenvalue weighted by Crippen LogP contribution is -2.40. The van der Waals surface area contributed by atoms with E-state index in [2.05, 4.69) is 5.32 Å². The summed E-state index contributed by atoms with van der Waals surface area (Å²) in [6.45, 7) is 2.85. The second-order valence-corrected chi connectivity index (χ2v) is 8.02. The molecule has 8 nitrogen and oxygen atoms in total. The van der Waals surface area contributed by atoms with E-state index in [1.165, 1.54) is 0 Å². The van der Waals surface area contributed by atoms with E-state index in [9.17, 15) is 14.4 Å². The Morgan fingerprint density at radius 2 is 2.03 bits per heavy atom. The summed E-state index contributed by atoms with van der Waals surface area (Å²) in [6.07, 6.45) is 0.741. The van der Waals surface area contributed by atoms with Gasteiger partial charge in [0.1, 0.15) is 11.5 Å². The fraction of sp³-hybridized carbons (Fsp3) is 0.375. The van der Waals surface area contributed by atoms with Crippen LogP contribution in [0.15, 0.2) is 36.4 Å². The molecule has 0 aromatic heterocycles. The first-order chi connectivity index (χ1) is 15.9. The highest BCUT2D eigenvalue weighted by molar-refractivity contribution is 6.32. The molecule has 1 aliphatic rings. The number of amides is 2. The van der Waals surface area contributed by atoms with Gasteiger partial charge in [0.05, 0.1) is 17.3 Å². The smallest absolute Gasteiger partial charge is 0.265 e. The number of methoxy groups -OCH3 is 1. The van der Waals surface area contributed by atoms with Gasteiger partial charge in [-0.3, -0.25) is 14.4 Å². The normalized spacial score (nSPS) is 12.7. The van der Waals surface area contributed by atoms with Gasteiger partial charge in [0.25, 0.3) is 5.91 Å². The molecule has 0 unspecified atom stereocenters. The molecule has 3 rings (SSSR count). The Bertz CT molecular complexity index is 1030. The fourth-order valence-corrected chi connectivity index (χ4v) is 3.64. The Morgan fingerprint density at radius 1 is 1.21 bits per heavy atom. The number of benzene rings is 2. The zero-order valence-electron chi connectivity index (χ0n) is 18.7. The van der Waals surface area contributed by atoms with Gasteiger partial charge in [0, 0.05) is 32.2 Å². The predicted octanol–water partition coefficient (Wildman–Crippen LogP) is 3.18. The van der Waals surface area contributed by atoms with Crippen molar-refractivity contribution in [3.63, 3.8) is 0 Å². The Morgan fingerprint density at radius 3 is 2.79 bits per heavy atom. The van der Waals surface area contributed by atoms with Crippen molar-refractivity contribution in [2.24, 2.45) is 0 Å². The first kappa shape index (κ1) is 24.5. The number of aryl methyl sites for hydroxylation is 1. The van der Waals surface area contributed by atoms with Gasteiger partial charge in [-0.25, -0.2) is 0 Å². The number of anilines is 1. The molecule has 0 spiro atoms. The van der Waals surface area contributed by atoms with E-state index in [0.717, 1.165) is 5.56 Å². The summed E-state index contributed by atoms with van der Waals surface area (Å²) < 4.78 is 16.0. The van der Waals surface area contributed by atoms with Gasteiger partial charge in [-0.1, -0.05) is 17.7 Å². The first-order valence-electron chi connectivity index (χ1n) is 10.6. The van der Waals surface area contributed by atoms with Crippen LogP contribution < -0.4 is 19.7 Å². The Hall–Kier alpha value is -3.10. The van der Waals surface area contributed by atoms with Crippen molar-refractivity contribution in [2.75, 3.05) is 44.9 Å². The van der Waals surface area contributed by atoms with Crippen molar-refractivity contribution in [1.82, 2.24) is 5.32 Å². The number of carbonyl (C=O) groups excluding carboxylic acids is 3. The number of hydrogen-bond acceptors (Lipinski definition) is 6. The topological polar surface area (TPSA) is 94.2 Å². The molecule has 1 heterocycles. The summed E-state index contributed by atoms with van der Waals surface area (Å²) in [5.74, 6) is 0.346. The third-order valence-corrected chi connectivity index (χ3v) is 5.38. The van der Waals surface area contributed by atoms with Crippen LogP contribution in [-0.4, -0.2) is 57.6 Å². The van der Waals surface area contributed by atoms with Gasteiger partial charge in [-0.05, 0) is 49.2 Å². The summed E-state index contributed by atoms with van der Waals surface area (Å²) in [4.78, 5) is 38.6. The number of carbonyl (C=O) groups is 3. The number of ketones is 1. The number of ether oxygens (including phenoxy) is 3. The van der Waals surface area contributed by atoms with Crippen LogP contribution in [0.2, 0.25) is 5.02 Å². The molecule has 2 amide bonds. The average Bonchev–Trinajstić information content (AvgIpc) is 2.79. The van der Waals surface area contributed by atoms with Gasteiger partial charge >= 0.3 is 0 Å². The van der Waals surface area contributed by atoms with E-state index in [1.807, 2.05) is 13.0 Å². The minimum atomic E-state index is -0.259. The van der Waals surface area contributed by atoms with Crippen LogP contribution in [0.25, 0.3) is 0 Å². The van der Waals surface area contributed by atoms with Gasteiger partial charge in [0.2, 0.25) is 5.91 Å². The summed E-state index contributed by atoms with van der Waals surface area (Å²) >= 11 is 6.16. The minimum Gasteiger partial charge on any atom is -0.484 e. The molecular formula is C24H27ClN2O6. The third-order valence-electron chi connectivity index (χ3n) is 5.08. The molecule has 0 atom stereocenters. The van der Waals surface area contributed by atoms with Crippen molar-refractivity contribution in [1.29, 1.82) is 0 Å². The molecule has 0 saturated carbocycles. The number of fused-ring (bicyclic) bond motifs is 1. The predicted molar refractivity (Wildman–Crippen MR) is 124 cm³/mol. The average molecular weight is 475 g/mol. The Kier molecular flexibility index (Phi) is 8.68. The maximum absolute atomic E-state index is 12.7. The lowest BCUT2D eigenvalue weighted by Gasteiger charge is -2.29. The maximum Gasteiger partial charge on any atom is 0.265 e. The van der Waals surface area contributed by atoms with Crippen LogP contribution in [0.1, 0.15) is 28.8 Å². The second-order valence-electron chi connectivity index (χ2n) is 7.61. The molecular weight excluding hydrogens is 448 g/mol. The molecule has 33 heavy (non-hydrogen) atoms. The highest BCUT2D eigenvalue weighted by atomic mass is 35.5. The molecule has 9 heteroatoms. The van der Waals surface area contributed by atoms with Crippen LogP contribution in [0.5, 0.6) is 11.5 Å². The van der Waals surface area contributed by atoms with Crippen LogP contribution in [0.4, 0.5) is 5.69 Å². The van der Waals surface area contributed by atoms with Crippen LogP contribution in [0, 0.1) is 6.92 Å². The monoisotopic (exact) mass is 474 g/mol. The molecule has 0 radical (unpaired) electrons. The van der Waals surface area contributed by atoms with Gasteiger partial charge < -0.3 is 24.4 Å². The molecule has 0 fully saturated rings. The highest BCUT2D eigenvalue weighted by Gasteiger charge is 2.26. The van der Waals surface area contributed by atoms with E-state index < -0.39 is 0 Å². The van der Waals surface area contributed by atoms with Crippen molar-refractivity contribution in [3.8, 4) is 11.5 Å². The van der Waals surface area contributed by atoms with Crippen LogP contribution >= 0.6 is 11.6 Å². The highest BCUT2D eigenvalue weighted by Crippen LogP contribution is 2.33. The Balaban J connectivity index is 1.63. The molecule has 0 aliphatic carbocycles. The number of nitrogens with one attached hydrogen (secondary N) is 1. The number of Topliss-reactive ketones (excluding diaryl/α,β-unsaturated/α-hetero) is 1. The van der Waals surface area contributed by atoms with Crippen molar-refractivity contribution in [3.05, 3.63) is 52.5 Å². The first-order valence-corrected chi connectivity index (χ1v) is 11.0. The van der Waals surface area contributed by atoms with Crippen LogP contribution in [0.3, 0.4) is 0 Å². The number of rotatable bonds is 11. The van der Waals surface area contributed by atoms with Crippen molar-refractivity contribution >= 4 is 34.9 Å². The molecule has 2 aromatic carbocycles. The quantitative estimate of drug-likeness (QED) is 0.397. The molecule has 0 bridgehead atoms. The Labute approximate surface area is 197 Å².